The highest BCUT2D eigenvalue weighted by Crippen LogP contribution is 2.34. The van der Waals surface area contributed by atoms with Crippen LogP contribution in [0.5, 0.6) is 11.5 Å². The Bertz CT molecular complexity index is 1430. The molecule has 0 saturated heterocycles. The van der Waals surface area contributed by atoms with Gasteiger partial charge in [-0.25, -0.2) is 8.42 Å². The molecule has 0 radical (unpaired) electrons. The van der Waals surface area contributed by atoms with E-state index in [9.17, 15) is 18.0 Å². The number of hydrogen-bond acceptors (Lipinski definition) is 6. The van der Waals surface area contributed by atoms with Crippen molar-refractivity contribution < 1.29 is 27.5 Å². The van der Waals surface area contributed by atoms with E-state index in [1.807, 2.05) is 13.8 Å². The SMILES string of the molecule is COc1ccc(N(CC(=O)N(Cc2ccc(Cl)cc2)C(C)C(=O)NCC(C)C)S(=O)(=O)c2ccccc2)cc1OC. The van der Waals surface area contributed by atoms with Gasteiger partial charge in [-0.05, 0) is 54.8 Å². The number of amides is 2. The number of nitrogens with zero attached hydrogens (tertiary/aromatic N) is 2. The highest BCUT2D eigenvalue weighted by atomic mass is 35.5. The highest BCUT2D eigenvalue weighted by Gasteiger charge is 2.33. The molecule has 0 aromatic heterocycles. The van der Waals surface area contributed by atoms with Crippen molar-refractivity contribution in [1.82, 2.24) is 10.2 Å². The minimum atomic E-state index is -4.20. The zero-order valence-electron chi connectivity index (χ0n) is 23.8. The van der Waals surface area contributed by atoms with E-state index in [1.165, 1.54) is 43.4 Å². The average molecular weight is 602 g/mol. The molecule has 3 rings (SSSR count). The maximum atomic E-state index is 14.0. The van der Waals surface area contributed by atoms with Gasteiger partial charge >= 0.3 is 0 Å². The molecule has 41 heavy (non-hydrogen) atoms. The molecule has 9 nitrogen and oxygen atoms in total. The average Bonchev–Trinajstić information content (AvgIpc) is 2.97. The number of nitrogens with one attached hydrogen (secondary N) is 1. The predicted octanol–water partition coefficient (Wildman–Crippen LogP) is 4.74. The summed E-state index contributed by atoms with van der Waals surface area (Å²) in [6.45, 7) is 5.50. The quantitative estimate of drug-likeness (QED) is 0.303. The number of carbonyl (C=O) groups is 2. The number of carbonyl (C=O) groups excluding carboxylic acids is 2. The lowest BCUT2D eigenvalue weighted by Crippen LogP contribution is -2.51. The molecular formula is C30H36ClN3O6S. The van der Waals surface area contributed by atoms with Crippen LogP contribution in [0.2, 0.25) is 5.02 Å². The van der Waals surface area contributed by atoms with Crippen LogP contribution >= 0.6 is 11.6 Å². The Kier molecular flexibility index (Phi) is 11.0. The van der Waals surface area contributed by atoms with Crippen LogP contribution in [0.3, 0.4) is 0 Å². The van der Waals surface area contributed by atoms with Crippen LogP contribution in [0, 0.1) is 5.92 Å². The zero-order chi connectivity index (χ0) is 30.2. The van der Waals surface area contributed by atoms with Crippen molar-refractivity contribution >= 4 is 39.1 Å². The fraction of sp³-hybridized carbons (Fsp3) is 0.333. The van der Waals surface area contributed by atoms with Crippen LogP contribution in [0.25, 0.3) is 0 Å². The normalized spacial score (nSPS) is 12.0. The summed E-state index contributed by atoms with van der Waals surface area (Å²) in [7, 11) is -1.29. The summed E-state index contributed by atoms with van der Waals surface area (Å²) in [4.78, 5) is 28.5. The molecule has 0 aliphatic heterocycles. The van der Waals surface area contributed by atoms with Crippen LogP contribution < -0.4 is 19.1 Å². The van der Waals surface area contributed by atoms with Crippen molar-refractivity contribution in [3.8, 4) is 11.5 Å². The minimum absolute atomic E-state index is 0.00885. The molecule has 0 spiro atoms. The molecule has 0 aliphatic rings. The monoisotopic (exact) mass is 601 g/mol. The number of ether oxygens (including phenoxy) is 2. The van der Waals surface area contributed by atoms with Gasteiger partial charge in [0.1, 0.15) is 12.6 Å². The molecule has 3 aromatic rings. The molecule has 1 atom stereocenters. The van der Waals surface area contributed by atoms with Gasteiger partial charge in [0.15, 0.2) is 11.5 Å². The van der Waals surface area contributed by atoms with E-state index < -0.39 is 28.5 Å². The Morgan fingerprint density at radius 3 is 2.12 bits per heavy atom. The topological polar surface area (TPSA) is 105 Å². The summed E-state index contributed by atoms with van der Waals surface area (Å²) in [5, 5.41) is 3.40. The fourth-order valence-corrected chi connectivity index (χ4v) is 5.60. The first kappa shape index (κ1) is 31.8. The van der Waals surface area contributed by atoms with Gasteiger partial charge in [0.05, 0.1) is 24.8 Å². The van der Waals surface area contributed by atoms with E-state index in [2.05, 4.69) is 5.32 Å². The molecule has 0 fully saturated rings. The Morgan fingerprint density at radius 1 is 0.902 bits per heavy atom. The summed E-state index contributed by atoms with van der Waals surface area (Å²) in [5.74, 6) is -0.00114. The van der Waals surface area contributed by atoms with Crippen LogP contribution in [0.1, 0.15) is 26.3 Å². The van der Waals surface area contributed by atoms with E-state index >= 15 is 0 Å². The largest absolute Gasteiger partial charge is 0.493 e. The third-order valence-corrected chi connectivity index (χ3v) is 8.42. The summed E-state index contributed by atoms with van der Waals surface area (Å²) < 4.78 is 39.5. The van der Waals surface area contributed by atoms with Gasteiger partial charge in [-0.3, -0.25) is 13.9 Å². The lowest BCUT2D eigenvalue weighted by atomic mass is 10.1. The van der Waals surface area contributed by atoms with Crippen molar-refractivity contribution in [3.05, 3.63) is 83.4 Å². The molecule has 0 saturated carbocycles. The van der Waals surface area contributed by atoms with Crippen LogP contribution in [-0.2, 0) is 26.2 Å². The first-order chi connectivity index (χ1) is 19.5. The summed E-state index contributed by atoms with van der Waals surface area (Å²) in [5.41, 5.74) is 0.929. The lowest BCUT2D eigenvalue weighted by Gasteiger charge is -2.32. The molecular weight excluding hydrogens is 566 g/mol. The number of sulfonamides is 1. The Labute approximate surface area is 247 Å². The molecule has 0 bridgehead atoms. The molecule has 11 heteroatoms. The van der Waals surface area contributed by atoms with Gasteiger partial charge in [0.2, 0.25) is 11.8 Å². The number of methoxy groups -OCH3 is 2. The van der Waals surface area contributed by atoms with Gasteiger partial charge in [-0.2, -0.15) is 0 Å². The molecule has 1 unspecified atom stereocenters. The zero-order valence-corrected chi connectivity index (χ0v) is 25.4. The van der Waals surface area contributed by atoms with Crippen LogP contribution in [0.4, 0.5) is 5.69 Å². The van der Waals surface area contributed by atoms with Crippen LogP contribution in [-0.4, -0.2) is 58.5 Å². The Hall–Kier alpha value is -3.76. The van der Waals surface area contributed by atoms with Gasteiger partial charge in [-0.1, -0.05) is 55.8 Å². The van der Waals surface area contributed by atoms with Gasteiger partial charge in [0.25, 0.3) is 10.0 Å². The second-order valence-electron chi connectivity index (χ2n) is 9.83. The summed E-state index contributed by atoms with van der Waals surface area (Å²) >= 11 is 6.05. The Balaban J connectivity index is 2.05. The number of anilines is 1. The summed E-state index contributed by atoms with van der Waals surface area (Å²) in [6, 6.07) is 18.5. The van der Waals surface area contributed by atoms with E-state index in [4.69, 9.17) is 21.1 Å². The third-order valence-electron chi connectivity index (χ3n) is 6.38. The van der Waals surface area contributed by atoms with Crippen molar-refractivity contribution in [2.24, 2.45) is 5.92 Å². The van der Waals surface area contributed by atoms with Crippen molar-refractivity contribution in [2.45, 2.75) is 38.3 Å². The highest BCUT2D eigenvalue weighted by molar-refractivity contribution is 7.92. The van der Waals surface area contributed by atoms with E-state index in [1.54, 1.807) is 55.5 Å². The van der Waals surface area contributed by atoms with Gasteiger partial charge < -0.3 is 19.7 Å². The van der Waals surface area contributed by atoms with E-state index in [0.717, 1.165) is 9.87 Å². The Morgan fingerprint density at radius 2 is 1.54 bits per heavy atom. The molecule has 220 valence electrons. The lowest BCUT2D eigenvalue weighted by molar-refractivity contribution is -0.139. The van der Waals surface area contributed by atoms with E-state index in [-0.39, 0.29) is 29.0 Å². The fourth-order valence-electron chi connectivity index (χ4n) is 4.05. The minimum Gasteiger partial charge on any atom is -0.493 e. The first-order valence-corrected chi connectivity index (χ1v) is 14.9. The van der Waals surface area contributed by atoms with Gasteiger partial charge in [-0.15, -0.1) is 0 Å². The number of hydrogen-bond donors (Lipinski definition) is 1. The molecule has 0 heterocycles. The smallest absolute Gasteiger partial charge is 0.264 e. The number of rotatable bonds is 13. The van der Waals surface area contributed by atoms with E-state index in [0.29, 0.717) is 23.1 Å². The molecule has 2 amide bonds. The second-order valence-corrected chi connectivity index (χ2v) is 12.1. The number of halogens is 1. The van der Waals surface area contributed by atoms with Crippen molar-refractivity contribution in [1.29, 1.82) is 0 Å². The molecule has 3 aromatic carbocycles. The standard InChI is InChI=1S/C30H36ClN3O6S/c1-21(2)18-32-30(36)22(3)33(19-23-11-13-24(31)14-12-23)29(35)20-34(41(37,38)26-9-7-6-8-10-26)25-15-16-27(39-4)28(17-25)40-5/h6-17,21-22H,18-20H2,1-5H3,(H,32,36). The maximum absolute atomic E-state index is 14.0. The van der Waals surface area contributed by atoms with Gasteiger partial charge in [0, 0.05) is 24.2 Å². The van der Waals surface area contributed by atoms with Crippen LogP contribution in [0.15, 0.2) is 77.7 Å². The molecule has 0 aliphatic carbocycles. The third kappa shape index (κ3) is 8.14. The number of benzene rings is 3. The predicted molar refractivity (Wildman–Crippen MR) is 160 cm³/mol. The second kappa shape index (κ2) is 14.2. The van der Waals surface area contributed by atoms with Crippen molar-refractivity contribution in [3.63, 3.8) is 0 Å². The van der Waals surface area contributed by atoms with Crippen molar-refractivity contribution in [2.75, 3.05) is 31.6 Å². The first-order valence-electron chi connectivity index (χ1n) is 13.1. The summed E-state index contributed by atoms with van der Waals surface area (Å²) in [6.07, 6.45) is 0. The molecule has 1 N–H and O–H groups in total. The maximum Gasteiger partial charge on any atom is 0.264 e.